The Labute approximate surface area is 167 Å². The van der Waals surface area contributed by atoms with Crippen molar-refractivity contribution in [1.82, 2.24) is 15.5 Å². The standard InChI is InChI=1S/C21H32N4O3/c1-16-7-3-4-8-17(16)22-21(27)23-20(26)15-24-11-13-25(14-12-24)18-9-5-6-10-19(18)28-2/h5-6,9-10,16-17H,3-4,7-8,11-15H2,1-2H3,(H2,22,23,26,27). The van der Waals surface area contributed by atoms with E-state index in [2.05, 4.69) is 33.4 Å². The molecule has 2 fully saturated rings. The van der Waals surface area contributed by atoms with E-state index in [1.54, 1.807) is 7.11 Å². The highest BCUT2D eigenvalue weighted by molar-refractivity contribution is 5.95. The Morgan fingerprint density at radius 1 is 1.11 bits per heavy atom. The van der Waals surface area contributed by atoms with Gasteiger partial charge >= 0.3 is 6.03 Å². The van der Waals surface area contributed by atoms with Crippen LogP contribution in [0.25, 0.3) is 0 Å². The zero-order chi connectivity index (χ0) is 19.9. The lowest BCUT2D eigenvalue weighted by molar-refractivity contribution is -0.121. The smallest absolute Gasteiger partial charge is 0.321 e. The van der Waals surface area contributed by atoms with Crippen LogP contribution < -0.4 is 20.3 Å². The number of hydrogen-bond donors (Lipinski definition) is 2. The lowest BCUT2D eigenvalue weighted by Gasteiger charge is -2.36. The lowest BCUT2D eigenvalue weighted by Crippen LogP contribution is -2.52. The van der Waals surface area contributed by atoms with Crippen molar-refractivity contribution in [2.45, 2.75) is 38.6 Å². The van der Waals surface area contributed by atoms with Crippen molar-refractivity contribution in [3.63, 3.8) is 0 Å². The highest BCUT2D eigenvalue weighted by Gasteiger charge is 2.25. The minimum absolute atomic E-state index is 0.172. The predicted molar refractivity (Wildman–Crippen MR) is 110 cm³/mol. The number of methoxy groups -OCH3 is 1. The summed E-state index contributed by atoms with van der Waals surface area (Å²) in [4.78, 5) is 28.7. The molecule has 1 saturated heterocycles. The first-order chi connectivity index (χ1) is 13.6. The van der Waals surface area contributed by atoms with Crippen LogP contribution in [0.15, 0.2) is 24.3 Å². The molecular weight excluding hydrogens is 356 g/mol. The quantitative estimate of drug-likeness (QED) is 0.809. The Morgan fingerprint density at radius 2 is 1.82 bits per heavy atom. The van der Waals surface area contributed by atoms with Crippen LogP contribution in [0.4, 0.5) is 10.5 Å². The number of para-hydroxylation sites is 2. The van der Waals surface area contributed by atoms with E-state index in [4.69, 9.17) is 4.74 Å². The second-order valence-electron chi connectivity index (χ2n) is 7.82. The van der Waals surface area contributed by atoms with E-state index in [1.165, 1.54) is 6.42 Å². The molecule has 28 heavy (non-hydrogen) atoms. The van der Waals surface area contributed by atoms with Crippen LogP contribution in [0, 0.1) is 5.92 Å². The van der Waals surface area contributed by atoms with Crippen molar-refractivity contribution in [2.75, 3.05) is 44.7 Å². The van der Waals surface area contributed by atoms with E-state index in [0.29, 0.717) is 5.92 Å². The van der Waals surface area contributed by atoms with Crippen LogP contribution in [0.5, 0.6) is 5.75 Å². The van der Waals surface area contributed by atoms with E-state index >= 15 is 0 Å². The zero-order valence-electron chi connectivity index (χ0n) is 16.9. The van der Waals surface area contributed by atoms with Crippen molar-refractivity contribution >= 4 is 17.6 Å². The zero-order valence-corrected chi connectivity index (χ0v) is 16.9. The number of urea groups is 1. The molecule has 3 amide bonds. The maximum atomic E-state index is 12.2. The number of carbonyl (C=O) groups excluding carboxylic acids is 2. The van der Waals surface area contributed by atoms with Gasteiger partial charge in [0.2, 0.25) is 5.91 Å². The van der Waals surface area contributed by atoms with Gasteiger partial charge in [-0.3, -0.25) is 15.0 Å². The Kier molecular flexibility index (Phi) is 7.14. The van der Waals surface area contributed by atoms with Crippen molar-refractivity contribution in [3.05, 3.63) is 24.3 Å². The molecule has 1 aliphatic carbocycles. The number of piperazine rings is 1. The van der Waals surface area contributed by atoms with Crippen LogP contribution in [0.3, 0.4) is 0 Å². The van der Waals surface area contributed by atoms with Gasteiger partial charge in [-0.2, -0.15) is 0 Å². The first-order valence-corrected chi connectivity index (χ1v) is 10.3. The second kappa shape index (κ2) is 9.78. The van der Waals surface area contributed by atoms with E-state index in [1.807, 2.05) is 18.2 Å². The summed E-state index contributed by atoms with van der Waals surface area (Å²) in [6, 6.07) is 7.78. The van der Waals surface area contributed by atoms with Gasteiger partial charge in [0, 0.05) is 32.2 Å². The third kappa shape index (κ3) is 5.38. The number of nitrogens with one attached hydrogen (secondary N) is 2. The number of imide groups is 1. The fraction of sp³-hybridized carbons (Fsp3) is 0.619. The largest absolute Gasteiger partial charge is 0.495 e. The van der Waals surface area contributed by atoms with Gasteiger partial charge < -0.3 is 15.0 Å². The van der Waals surface area contributed by atoms with Gasteiger partial charge in [0.1, 0.15) is 5.75 Å². The molecule has 7 heteroatoms. The van der Waals surface area contributed by atoms with Crippen LogP contribution in [-0.4, -0.2) is 62.7 Å². The number of nitrogens with zero attached hydrogens (tertiary/aromatic N) is 2. The summed E-state index contributed by atoms with van der Waals surface area (Å²) in [6.07, 6.45) is 4.49. The van der Waals surface area contributed by atoms with Crippen molar-refractivity contribution in [2.24, 2.45) is 5.92 Å². The fourth-order valence-electron chi connectivity index (χ4n) is 4.14. The molecule has 3 rings (SSSR count). The van der Waals surface area contributed by atoms with E-state index < -0.39 is 0 Å². The molecule has 1 aromatic rings. The molecule has 1 aromatic carbocycles. The van der Waals surface area contributed by atoms with Gasteiger partial charge in [-0.1, -0.05) is 31.9 Å². The van der Waals surface area contributed by atoms with Gasteiger partial charge in [-0.25, -0.2) is 4.79 Å². The minimum atomic E-state index is -0.364. The molecule has 7 nitrogen and oxygen atoms in total. The molecular formula is C21H32N4O3. The normalized spacial score (nSPS) is 23.1. The number of carbonyl (C=O) groups is 2. The fourth-order valence-corrected chi connectivity index (χ4v) is 4.14. The topological polar surface area (TPSA) is 73.9 Å². The molecule has 0 radical (unpaired) electrons. The SMILES string of the molecule is COc1ccccc1N1CCN(CC(=O)NC(=O)NC2CCCCC2C)CC1. The monoisotopic (exact) mass is 388 g/mol. The number of ether oxygens (including phenoxy) is 1. The Hall–Kier alpha value is -2.28. The van der Waals surface area contributed by atoms with E-state index in [9.17, 15) is 9.59 Å². The third-order valence-electron chi connectivity index (χ3n) is 5.85. The minimum Gasteiger partial charge on any atom is -0.495 e. The summed E-state index contributed by atoms with van der Waals surface area (Å²) in [7, 11) is 1.68. The van der Waals surface area contributed by atoms with Crippen molar-refractivity contribution in [3.8, 4) is 5.75 Å². The molecule has 2 unspecified atom stereocenters. The van der Waals surface area contributed by atoms with Gasteiger partial charge in [0.25, 0.3) is 0 Å². The van der Waals surface area contributed by atoms with Gasteiger partial charge in [0.05, 0.1) is 19.3 Å². The van der Waals surface area contributed by atoms with E-state index in [0.717, 1.165) is 56.9 Å². The molecule has 1 aliphatic heterocycles. The first-order valence-electron chi connectivity index (χ1n) is 10.3. The number of amides is 3. The summed E-state index contributed by atoms with van der Waals surface area (Å²) in [6.45, 7) is 5.58. The first kappa shape index (κ1) is 20.5. The Morgan fingerprint density at radius 3 is 2.54 bits per heavy atom. The van der Waals surface area contributed by atoms with Gasteiger partial charge in [-0.05, 0) is 30.9 Å². The predicted octanol–water partition coefficient (Wildman–Crippen LogP) is 2.22. The van der Waals surface area contributed by atoms with Gasteiger partial charge in [0.15, 0.2) is 0 Å². The van der Waals surface area contributed by atoms with Crippen LogP contribution in [0.1, 0.15) is 32.6 Å². The second-order valence-corrected chi connectivity index (χ2v) is 7.82. The van der Waals surface area contributed by atoms with E-state index in [-0.39, 0.29) is 24.5 Å². The van der Waals surface area contributed by atoms with Crippen molar-refractivity contribution < 1.29 is 14.3 Å². The van der Waals surface area contributed by atoms with Gasteiger partial charge in [-0.15, -0.1) is 0 Å². The van der Waals surface area contributed by atoms with Crippen LogP contribution >= 0.6 is 0 Å². The molecule has 0 spiro atoms. The number of rotatable bonds is 5. The molecule has 0 aromatic heterocycles. The lowest BCUT2D eigenvalue weighted by atomic mass is 9.86. The summed E-state index contributed by atoms with van der Waals surface area (Å²) >= 11 is 0. The summed E-state index contributed by atoms with van der Waals surface area (Å²) in [5.41, 5.74) is 1.08. The summed E-state index contributed by atoms with van der Waals surface area (Å²) < 4.78 is 5.44. The summed E-state index contributed by atoms with van der Waals surface area (Å²) in [5.74, 6) is 1.09. The third-order valence-corrected chi connectivity index (χ3v) is 5.85. The van der Waals surface area contributed by atoms with Crippen LogP contribution in [-0.2, 0) is 4.79 Å². The summed E-state index contributed by atoms with van der Waals surface area (Å²) in [5, 5.41) is 5.46. The molecule has 0 bridgehead atoms. The average Bonchev–Trinajstić information content (AvgIpc) is 2.70. The molecule has 154 valence electrons. The number of hydrogen-bond acceptors (Lipinski definition) is 5. The average molecular weight is 389 g/mol. The Balaban J connectivity index is 1.41. The highest BCUT2D eigenvalue weighted by Crippen LogP contribution is 2.28. The molecule has 2 N–H and O–H groups in total. The maximum Gasteiger partial charge on any atom is 0.321 e. The van der Waals surface area contributed by atoms with Crippen molar-refractivity contribution in [1.29, 1.82) is 0 Å². The number of benzene rings is 1. The molecule has 1 heterocycles. The number of anilines is 1. The van der Waals surface area contributed by atoms with Crippen LogP contribution in [0.2, 0.25) is 0 Å². The molecule has 1 saturated carbocycles. The molecule has 2 atom stereocenters. The Bertz CT molecular complexity index is 673. The highest BCUT2D eigenvalue weighted by atomic mass is 16.5. The molecule has 2 aliphatic rings. The maximum absolute atomic E-state index is 12.2.